The molecule has 144 valence electrons. The quantitative estimate of drug-likeness (QED) is 0.719. The Bertz CT molecular complexity index is 1010. The molecule has 1 amide bonds. The molecule has 0 aliphatic carbocycles. The Kier molecular flexibility index (Phi) is 4.90. The van der Waals surface area contributed by atoms with Gasteiger partial charge in [0.1, 0.15) is 17.5 Å². The molecular weight excluding hydrogens is 364 g/mol. The maximum Gasteiger partial charge on any atom is 0.280 e. The smallest absolute Gasteiger partial charge is 0.280 e. The molecule has 1 N–H and O–H groups in total. The van der Waals surface area contributed by atoms with Crippen molar-refractivity contribution in [2.24, 2.45) is 5.92 Å². The topological polar surface area (TPSA) is 64.1 Å². The summed E-state index contributed by atoms with van der Waals surface area (Å²) in [5.41, 5.74) is 1.96. The molecule has 0 spiro atoms. The van der Waals surface area contributed by atoms with Gasteiger partial charge in [-0.2, -0.15) is 0 Å². The fourth-order valence-corrected chi connectivity index (χ4v) is 3.37. The number of rotatable bonds is 5. The lowest BCUT2D eigenvalue weighted by molar-refractivity contribution is -0.119. The van der Waals surface area contributed by atoms with Crippen LogP contribution < -0.4 is 10.1 Å². The molecular formula is C21H19F2N3O2. The predicted molar refractivity (Wildman–Crippen MR) is 101 cm³/mol. The monoisotopic (exact) mass is 383 g/mol. The van der Waals surface area contributed by atoms with Crippen LogP contribution in [-0.2, 0) is 4.79 Å². The van der Waals surface area contributed by atoms with E-state index in [1.807, 2.05) is 31.2 Å². The van der Waals surface area contributed by atoms with Crippen molar-refractivity contribution in [3.8, 4) is 16.9 Å². The number of nitrogens with zero attached hydrogens (tertiary/aromatic N) is 2. The van der Waals surface area contributed by atoms with Crippen molar-refractivity contribution in [1.82, 2.24) is 15.3 Å². The van der Waals surface area contributed by atoms with Crippen LogP contribution in [0.1, 0.15) is 25.5 Å². The van der Waals surface area contributed by atoms with Gasteiger partial charge in [0.2, 0.25) is 5.91 Å². The zero-order chi connectivity index (χ0) is 19.7. The van der Waals surface area contributed by atoms with E-state index in [4.69, 9.17) is 4.74 Å². The summed E-state index contributed by atoms with van der Waals surface area (Å²) in [4.78, 5) is 19.7. The van der Waals surface area contributed by atoms with E-state index in [1.165, 1.54) is 12.3 Å². The van der Waals surface area contributed by atoms with Crippen molar-refractivity contribution in [3.63, 3.8) is 0 Å². The first kappa shape index (κ1) is 18.3. The highest BCUT2D eigenvalue weighted by molar-refractivity contribution is 5.90. The summed E-state index contributed by atoms with van der Waals surface area (Å²) in [6.45, 7) is 2.54. The van der Waals surface area contributed by atoms with Crippen LogP contribution in [0.2, 0.25) is 0 Å². The van der Waals surface area contributed by atoms with Crippen LogP contribution in [0, 0.1) is 5.92 Å². The van der Waals surface area contributed by atoms with Crippen LogP contribution in [0.4, 0.5) is 8.78 Å². The molecule has 0 radical (unpaired) electrons. The summed E-state index contributed by atoms with van der Waals surface area (Å²) in [7, 11) is 0. The standard InChI is InChI=1S/C21H19F2N3O2/c1-12(15-9-20(27)26-11-15)28-19-8-14(7-18-16(19)3-2-6-24-18)13-4-5-17(21(22)23)25-10-13/h2-8,10,12,15,21H,9,11H2,1H3,(H,26,27)/t12-,15?/m1/s1. The molecule has 1 unspecified atom stereocenters. The number of alkyl halides is 2. The molecule has 1 saturated heterocycles. The van der Waals surface area contributed by atoms with Crippen LogP contribution in [0.15, 0.2) is 48.8 Å². The summed E-state index contributed by atoms with van der Waals surface area (Å²) in [5.74, 6) is 0.770. The first-order valence-electron chi connectivity index (χ1n) is 9.08. The first-order chi connectivity index (χ1) is 13.5. The van der Waals surface area contributed by atoms with Crippen LogP contribution in [-0.4, -0.2) is 28.5 Å². The molecule has 1 aromatic carbocycles. The molecule has 1 fully saturated rings. The average molecular weight is 383 g/mol. The molecule has 3 heterocycles. The molecule has 5 nitrogen and oxygen atoms in total. The Morgan fingerprint density at radius 2 is 2.04 bits per heavy atom. The second kappa shape index (κ2) is 7.50. The number of amides is 1. The zero-order valence-electron chi connectivity index (χ0n) is 15.2. The fourth-order valence-electron chi connectivity index (χ4n) is 3.37. The van der Waals surface area contributed by atoms with Crippen molar-refractivity contribution in [2.75, 3.05) is 6.54 Å². The van der Waals surface area contributed by atoms with Gasteiger partial charge in [-0.05, 0) is 42.8 Å². The molecule has 4 rings (SSSR count). The summed E-state index contributed by atoms with van der Waals surface area (Å²) in [6.07, 6.45) is 0.789. The first-order valence-corrected chi connectivity index (χ1v) is 9.08. The van der Waals surface area contributed by atoms with Crippen LogP contribution >= 0.6 is 0 Å². The predicted octanol–water partition coefficient (Wildman–Crippen LogP) is 4.14. The third-order valence-corrected chi connectivity index (χ3v) is 5.01. The van der Waals surface area contributed by atoms with E-state index in [0.29, 0.717) is 24.3 Å². The summed E-state index contributed by atoms with van der Waals surface area (Å²) >= 11 is 0. The molecule has 28 heavy (non-hydrogen) atoms. The SMILES string of the molecule is C[C@@H](Oc1cc(-c2ccc(C(F)F)nc2)cc2ncccc12)C1CNC(=O)C1. The number of pyridine rings is 2. The minimum absolute atomic E-state index is 0.0333. The third kappa shape index (κ3) is 3.65. The molecule has 1 aliphatic heterocycles. The molecule has 2 atom stereocenters. The Morgan fingerprint density at radius 1 is 1.18 bits per heavy atom. The van der Waals surface area contributed by atoms with Gasteiger partial charge >= 0.3 is 0 Å². The van der Waals surface area contributed by atoms with Gasteiger partial charge in [0.15, 0.2) is 0 Å². The minimum Gasteiger partial charge on any atom is -0.490 e. The van der Waals surface area contributed by atoms with Crippen LogP contribution in [0.3, 0.4) is 0 Å². The number of hydrogen-bond donors (Lipinski definition) is 1. The summed E-state index contributed by atoms with van der Waals surface area (Å²) in [6, 6.07) is 10.4. The van der Waals surface area contributed by atoms with E-state index in [1.54, 1.807) is 12.3 Å². The lowest BCUT2D eigenvalue weighted by atomic mass is 10.0. The van der Waals surface area contributed by atoms with Gasteiger partial charge in [0.05, 0.1) is 5.52 Å². The number of aromatic nitrogens is 2. The fraction of sp³-hybridized carbons (Fsp3) is 0.286. The lowest BCUT2D eigenvalue weighted by Gasteiger charge is -2.21. The molecule has 0 bridgehead atoms. The normalized spacial score (nSPS) is 17.7. The summed E-state index contributed by atoms with van der Waals surface area (Å²) in [5, 5.41) is 3.68. The number of fused-ring (bicyclic) bond motifs is 1. The van der Waals surface area contributed by atoms with Gasteiger partial charge in [-0.1, -0.05) is 6.07 Å². The van der Waals surface area contributed by atoms with Gasteiger partial charge in [-0.15, -0.1) is 0 Å². The van der Waals surface area contributed by atoms with Crippen molar-refractivity contribution in [3.05, 3.63) is 54.5 Å². The third-order valence-electron chi connectivity index (χ3n) is 5.01. The second-order valence-corrected chi connectivity index (χ2v) is 6.91. The number of ether oxygens (including phenoxy) is 1. The zero-order valence-corrected chi connectivity index (χ0v) is 15.2. The highest BCUT2D eigenvalue weighted by Gasteiger charge is 2.28. The molecule has 3 aromatic rings. The van der Waals surface area contributed by atoms with E-state index < -0.39 is 6.43 Å². The van der Waals surface area contributed by atoms with Crippen molar-refractivity contribution < 1.29 is 18.3 Å². The Hall–Kier alpha value is -3.09. The maximum atomic E-state index is 12.8. The molecule has 0 saturated carbocycles. The van der Waals surface area contributed by atoms with Crippen LogP contribution in [0.25, 0.3) is 22.0 Å². The highest BCUT2D eigenvalue weighted by atomic mass is 19.3. The Balaban J connectivity index is 1.70. The Morgan fingerprint density at radius 3 is 2.71 bits per heavy atom. The van der Waals surface area contributed by atoms with Crippen molar-refractivity contribution in [1.29, 1.82) is 0 Å². The van der Waals surface area contributed by atoms with Crippen molar-refractivity contribution in [2.45, 2.75) is 25.9 Å². The minimum atomic E-state index is -2.60. The number of carbonyl (C=O) groups is 1. The van der Waals surface area contributed by atoms with Gasteiger partial charge < -0.3 is 10.1 Å². The van der Waals surface area contributed by atoms with E-state index in [-0.39, 0.29) is 23.6 Å². The van der Waals surface area contributed by atoms with Gasteiger partial charge in [0, 0.05) is 42.2 Å². The molecule has 7 heteroatoms. The maximum absolute atomic E-state index is 12.8. The number of nitrogens with one attached hydrogen (secondary N) is 1. The number of benzene rings is 1. The Labute approximate surface area is 160 Å². The van der Waals surface area contributed by atoms with Gasteiger partial charge in [-0.25, -0.2) is 8.78 Å². The molecule has 2 aromatic heterocycles. The van der Waals surface area contributed by atoms with Crippen LogP contribution in [0.5, 0.6) is 5.75 Å². The molecule has 1 aliphatic rings. The van der Waals surface area contributed by atoms with Gasteiger partial charge in [-0.3, -0.25) is 14.8 Å². The highest BCUT2D eigenvalue weighted by Crippen LogP contribution is 2.33. The number of carbonyl (C=O) groups excluding carboxylic acids is 1. The largest absolute Gasteiger partial charge is 0.490 e. The number of hydrogen-bond acceptors (Lipinski definition) is 4. The van der Waals surface area contributed by atoms with E-state index in [0.717, 1.165) is 16.5 Å². The lowest BCUT2D eigenvalue weighted by Crippen LogP contribution is -2.25. The van der Waals surface area contributed by atoms with Gasteiger partial charge in [0.25, 0.3) is 6.43 Å². The van der Waals surface area contributed by atoms with Crippen molar-refractivity contribution >= 4 is 16.8 Å². The second-order valence-electron chi connectivity index (χ2n) is 6.91. The summed E-state index contributed by atoms with van der Waals surface area (Å²) < 4.78 is 31.8. The average Bonchev–Trinajstić information content (AvgIpc) is 3.14. The number of halogens is 2. The van der Waals surface area contributed by atoms with E-state index in [2.05, 4.69) is 15.3 Å². The van der Waals surface area contributed by atoms with E-state index >= 15 is 0 Å². The van der Waals surface area contributed by atoms with E-state index in [9.17, 15) is 13.6 Å².